The van der Waals surface area contributed by atoms with Crippen molar-refractivity contribution >= 4 is 38.6 Å². The van der Waals surface area contributed by atoms with Crippen molar-refractivity contribution in [1.82, 2.24) is 4.72 Å². The number of sulfonamides is 1. The van der Waals surface area contributed by atoms with E-state index in [1.165, 1.54) is 12.1 Å². The fourth-order valence-electron chi connectivity index (χ4n) is 1.79. The first-order chi connectivity index (χ1) is 8.86. The van der Waals surface area contributed by atoms with Gasteiger partial charge in [-0.05, 0) is 46.9 Å². The molecule has 0 saturated carbocycles. The van der Waals surface area contributed by atoms with Gasteiger partial charge in [0.25, 0.3) is 0 Å². The summed E-state index contributed by atoms with van der Waals surface area (Å²) in [5, 5.41) is 9.21. The summed E-state index contributed by atoms with van der Waals surface area (Å²) in [7, 11) is -3.88. The van der Waals surface area contributed by atoms with E-state index in [4.69, 9.17) is 4.74 Å². The predicted octanol–water partition coefficient (Wildman–Crippen LogP) is 0.813. The molecule has 0 amide bonds. The molecule has 1 saturated heterocycles. The number of aliphatic carboxylic acids is 1. The van der Waals surface area contributed by atoms with Crippen LogP contribution in [-0.4, -0.2) is 38.2 Å². The third kappa shape index (κ3) is 3.07. The highest BCUT2D eigenvalue weighted by atomic mass is 127. The number of ether oxygens (including phenoxy) is 1. The average Bonchev–Trinajstić information content (AvgIpc) is 2.78. The van der Waals surface area contributed by atoms with Crippen LogP contribution in [0.25, 0.3) is 0 Å². The highest BCUT2D eigenvalue weighted by molar-refractivity contribution is 14.1. The number of carboxylic acid groups (broad SMARTS) is 1. The maximum Gasteiger partial charge on any atom is 0.327 e. The predicted molar refractivity (Wildman–Crippen MR) is 75.3 cm³/mol. The maximum absolute atomic E-state index is 12.2. The molecule has 1 aromatic carbocycles. The number of halogens is 1. The van der Waals surface area contributed by atoms with Gasteiger partial charge in [-0.25, -0.2) is 8.42 Å². The molecule has 19 heavy (non-hydrogen) atoms. The molecule has 1 fully saturated rings. The fraction of sp³-hybridized carbons (Fsp3) is 0.364. The van der Waals surface area contributed by atoms with Crippen molar-refractivity contribution in [3.63, 3.8) is 0 Å². The third-order valence-electron chi connectivity index (χ3n) is 2.88. The number of hydrogen-bond donors (Lipinski definition) is 2. The van der Waals surface area contributed by atoms with E-state index < -0.39 is 21.5 Å². The Morgan fingerprint density at radius 2 is 2.00 bits per heavy atom. The molecular formula is C11H12INO5S. The summed E-state index contributed by atoms with van der Waals surface area (Å²) in [5.74, 6) is -1.22. The van der Waals surface area contributed by atoms with Gasteiger partial charge in [-0.2, -0.15) is 4.72 Å². The molecule has 2 rings (SSSR count). The van der Waals surface area contributed by atoms with Gasteiger partial charge in [0, 0.05) is 16.6 Å². The van der Waals surface area contributed by atoms with Crippen molar-refractivity contribution in [3.8, 4) is 0 Å². The molecule has 1 aliphatic heterocycles. The number of rotatable bonds is 4. The molecule has 8 heteroatoms. The van der Waals surface area contributed by atoms with E-state index >= 15 is 0 Å². The van der Waals surface area contributed by atoms with E-state index in [-0.39, 0.29) is 24.5 Å². The molecule has 1 atom stereocenters. The first kappa shape index (κ1) is 14.7. The second-order valence-corrected chi connectivity index (χ2v) is 7.18. The van der Waals surface area contributed by atoms with Crippen molar-refractivity contribution in [3.05, 3.63) is 27.8 Å². The van der Waals surface area contributed by atoms with Gasteiger partial charge in [-0.15, -0.1) is 0 Å². The Bertz CT molecular complexity index is 578. The first-order valence-electron chi connectivity index (χ1n) is 5.46. The summed E-state index contributed by atoms with van der Waals surface area (Å²) in [6.07, 6.45) is 0.117. The second kappa shape index (κ2) is 5.35. The van der Waals surface area contributed by atoms with Crippen LogP contribution < -0.4 is 4.72 Å². The largest absolute Gasteiger partial charge is 0.480 e. The van der Waals surface area contributed by atoms with E-state index in [2.05, 4.69) is 27.3 Å². The van der Waals surface area contributed by atoms with Crippen molar-refractivity contribution < 1.29 is 23.1 Å². The Morgan fingerprint density at radius 1 is 1.37 bits per heavy atom. The van der Waals surface area contributed by atoms with Crippen LogP contribution in [-0.2, 0) is 19.6 Å². The van der Waals surface area contributed by atoms with E-state index in [1.54, 1.807) is 12.1 Å². The Balaban J connectivity index is 2.30. The third-order valence-corrected chi connectivity index (χ3v) is 5.16. The Labute approximate surface area is 124 Å². The Hall–Kier alpha value is -0.710. The molecule has 1 aliphatic rings. The van der Waals surface area contributed by atoms with Crippen LogP contribution in [0.15, 0.2) is 29.2 Å². The molecule has 0 aromatic heterocycles. The van der Waals surface area contributed by atoms with E-state index in [1.807, 2.05) is 0 Å². The average molecular weight is 397 g/mol. The van der Waals surface area contributed by atoms with Crippen molar-refractivity contribution in [2.45, 2.75) is 16.9 Å². The SMILES string of the molecule is O=C(O)C1(NS(=O)(=O)c2ccc(I)cc2)CCOC1. The lowest BCUT2D eigenvalue weighted by Crippen LogP contribution is -2.54. The molecule has 0 bridgehead atoms. The lowest BCUT2D eigenvalue weighted by atomic mass is 10.0. The minimum atomic E-state index is -3.88. The molecule has 1 aromatic rings. The quantitative estimate of drug-likeness (QED) is 0.734. The van der Waals surface area contributed by atoms with Crippen LogP contribution in [0.5, 0.6) is 0 Å². The Morgan fingerprint density at radius 3 is 2.47 bits per heavy atom. The molecule has 1 unspecified atom stereocenters. The van der Waals surface area contributed by atoms with Crippen LogP contribution in [0.4, 0.5) is 0 Å². The van der Waals surface area contributed by atoms with Gasteiger partial charge in [0.1, 0.15) is 0 Å². The number of carboxylic acids is 1. The van der Waals surface area contributed by atoms with Gasteiger partial charge in [0.05, 0.1) is 11.5 Å². The number of benzene rings is 1. The molecular weight excluding hydrogens is 385 g/mol. The number of nitrogens with one attached hydrogen (secondary N) is 1. The van der Waals surface area contributed by atoms with Crippen LogP contribution in [0.1, 0.15) is 6.42 Å². The molecule has 2 N–H and O–H groups in total. The van der Waals surface area contributed by atoms with Crippen LogP contribution in [0, 0.1) is 3.57 Å². The molecule has 6 nitrogen and oxygen atoms in total. The van der Waals surface area contributed by atoms with E-state index in [9.17, 15) is 18.3 Å². The molecule has 0 radical (unpaired) electrons. The topological polar surface area (TPSA) is 92.7 Å². The smallest absolute Gasteiger partial charge is 0.327 e. The van der Waals surface area contributed by atoms with Gasteiger partial charge < -0.3 is 9.84 Å². The lowest BCUT2D eigenvalue weighted by molar-refractivity contribution is -0.144. The number of carbonyl (C=O) groups is 1. The summed E-state index contributed by atoms with van der Waals surface area (Å²) in [5.41, 5.74) is -1.57. The summed E-state index contributed by atoms with van der Waals surface area (Å²) < 4.78 is 32.5. The number of hydrogen-bond acceptors (Lipinski definition) is 4. The highest BCUT2D eigenvalue weighted by Gasteiger charge is 2.45. The van der Waals surface area contributed by atoms with Gasteiger partial charge in [0.2, 0.25) is 10.0 Å². The normalized spacial score (nSPS) is 23.4. The zero-order chi connectivity index (χ0) is 14.1. The summed E-state index contributed by atoms with van der Waals surface area (Å²) >= 11 is 2.06. The van der Waals surface area contributed by atoms with Gasteiger partial charge >= 0.3 is 5.97 Å². The van der Waals surface area contributed by atoms with Gasteiger partial charge in [0.15, 0.2) is 5.54 Å². The van der Waals surface area contributed by atoms with Crippen LogP contribution >= 0.6 is 22.6 Å². The minimum absolute atomic E-state index is 0.0421. The summed E-state index contributed by atoms with van der Waals surface area (Å²) in [6.45, 7) is 0.0629. The van der Waals surface area contributed by atoms with Crippen molar-refractivity contribution in [2.75, 3.05) is 13.2 Å². The molecule has 1 heterocycles. The molecule has 104 valence electrons. The monoisotopic (exact) mass is 397 g/mol. The van der Waals surface area contributed by atoms with E-state index in [0.717, 1.165) is 3.57 Å². The summed E-state index contributed by atoms with van der Waals surface area (Å²) in [6, 6.07) is 6.17. The highest BCUT2D eigenvalue weighted by Crippen LogP contribution is 2.22. The van der Waals surface area contributed by atoms with E-state index in [0.29, 0.717) is 0 Å². The van der Waals surface area contributed by atoms with Gasteiger partial charge in [-0.3, -0.25) is 4.79 Å². The Kier molecular flexibility index (Phi) is 4.14. The standard InChI is InChI=1S/C11H12INO5S/c12-8-1-3-9(4-2-8)19(16,17)13-11(10(14)15)5-6-18-7-11/h1-4,13H,5-7H2,(H,14,15). The van der Waals surface area contributed by atoms with Crippen LogP contribution in [0.2, 0.25) is 0 Å². The fourth-order valence-corrected chi connectivity index (χ4v) is 3.52. The zero-order valence-corrected chi connectivity index (χ0v) is 12.8. The zero-order valence-electron chi connectivity index (χ0n) is 9.80. The van der Waals surface area contributed by atoms with Crippen molar-refractivity contribution in [2.24, 2.45) is 0 Å². The van der Waals surface area contributed by atoms with Gasteiger partial charge in [-0.1, -0.05) is 0 Å². The van der Waals surface area contributed by atoms with Crippen molar-refractivity contribution in [1.29, 1.82) is 0 Å². The second-order valence-electron chi connectivity index (χ2n) is 4.25. The first-order valence-corrected chi connectivity index (χ1v) is 8.03. The lowest BCUT2D eigenvalue weighted by Gasteiger charge is -2.23. The minimum Gasteiger partial charge on any atom is -0.480 e. The maximum atomic E-state index is 12.2. The molecule has 0 spiro atoms. The van der Waals surface area contributed by atoms with Crippen LogP contribution in [0.3, 0.4) is 0 Å². The molecule has 0 aliphatic carbocycles. The summed E-state index contributed by atoms with van der Waals surface area (Å²) in [4.78, 5) is 11.3.